The van der Waals surface area contributed by atoms with Crippen molar-refractivity contribution in [2.24, 2.45) is 0 Å². The molecule has 29 heavy (non-hydrogen) atoms. The molecule has 4 rings (SSSR count). The van der Waals surface area contributed by atoms with Crippen molar-refractivity contribution in [3.63, 3.8) is 0 Å². The summed E-state index contributed by atoms with van der Waals surface area (Å²) in [6.45, 7) is 2.85. The lowest BCUT2D eigenvalue weighted by Gasteiger charge is -2.18. The minimum atomic E-state index is -0.0876. The summed E-state index contributed by atoms with van der Waals surface area (Å²) in [5.41, 5.74) is 4.68. The van der Waals surface area contributed by atoms with Crippen LogP contribution >= 0.6 is 0 Å². The van der Waals surface area contributed by atoms with Crippen LogP contribution in [0, 0.1) is 0 Å². The Kier molecular flexibility index (Phi) is 5.75. The Balaban J connectivity index is 1.36. The zero-order valence-electron chi connectivity index (χ0n) is 16.7. The maximum absolute atomic E-state index is 12.6. The number of rotatable bonds is 6. The number of aromatic nitrogens is 1. The highest BCUT2D eigenvalue weighted by atomic mass is 16.2. The van der Waals surface area contributed by atoms with E-state index in [1.807, 2.05) is 36.4 Å². The molecule has 1 aromatic heterocycles. The predicted molar refractivity (Wildman–Crippen MR) is 118 cm³/mol. The number of amides is 1. The highest BCUT2D eigenvalue weighted by Gasteiger charge is 2.14. The van der Waals surface area contributed by atoms with Gasteiger partial charge in [-0.05, 0) is 54.8 Å². The van der Waals surface area contributed by atoms with Gasteiger partial charge in [-0.25, -0.2) is 4.98 Å². The molecule has 1 amide bonds. The summed E-state index contributed by atoms with van der Waals surface area (Å²) in [5, 5.41) is 3.35. The fourth-order valence-electron chi connectivity index (χ4n) is 3.62. The van der Waals surface area contributed by atoms with Crippen LogP contribution in [0.1, 0.15) is 28.9 Å². The second-order valence-corrected chi connectivity index (χ2v) is 7.44. The molecule has 2 aromatic carbocycles. The summed E-state index contributed by atoms with van der Waals surface area (Å²) < 4.78 is 0. The van der Waals surface area contributed by atoms with E-state index >= 15 is 0 Å². The number of anilines is 3. The fraction of sp³-hybridized carbons (Fsp3) is 0.250. The zero-order valence-corrected chi connectivity index (χ0v) is 16.7. The smallest absolute Gasteiger partial charge is 0.272 e. The van der Waals surface area contributed by atoms with E-state index in [2.05, 4.69) is 39.5 Å². The van der Waals surface area contributed by atoms with Crippen LogP contribution in [0.5, 0.6) is 0 Å². The fourth-order valence-corrected chi connectivity index (χ4v) is 3.62. The van der Waals surface area contributed by atoms with Gasteiger partial charge in [0.1, 0.15) is 5.69 Å². The maximum Gasteiger partial charge on any atom is 0.272 e. The molecule has 0 saturated carbocycles. The Bertz CT molecular complexity index is 933. The molecule has 1 N–H and O–H groups in total. The van der Waals surface area contributed by atoms with Gasteiger partial charge in [-0.2, -0.15) is 0 Å². The Morgan fingerprint density at radius 2 is 1.66 bits per heavy atom. The van der Waals surface area contributed by atoms with Gasteiger partial charge in [-0.3, -0.25) is 4.79 Å². The predicted octanol–water partition coefficient (Wildman–Crippen LogP) is 4.70. The molecule has 0 radical (unpaired) electrons. The highest BCUT2D eigenvalue weighted by molar-refractivity contribution is 5.92. The van der Waals surface area contributed by atoms with Crippen molar-refractivity contribution in [3.8, 4) is 0 Å². The third-order valence-electron chi connectivity index (χ3n) is 5.22. The van der Waals surface area contributed by atoms with E-state index in [1.54, 1.807) is 24.2 Å². The number of benzene rings is 2. The summed E-state index contributed by atoms with van der Waals surface area (Å²) in [4.78, 5) is 21.1. The lowest BCUT2D eigenvalue weighted by Crippen LogP contribution is -2.26. The zero-order chi connectivity index (χ0) is 20.1. The summed E-state index contributed by atoms with van der Waals surface area (Å²) in [5.74, 6) is -0.0876. The van der Waals surface area contributed by atoms with Crippen LogP contribution in [0.3, 0.4) is 0 Å². The molecule has 1 aliphatic heterocycles. The van der Waals surface area contributed by atoms with Gasteiger partial charge in [0.2, 0.25) is 0 Å². The lowest BCUT2D eigenvalue weighted by molar-refractivity contribution is 0.0779. The Morgan fingerprint density at radius 3 is 2.31 bits per heavy atom. The van der Waals surface area contributed by atoms with Crippen molar-refractivity contribution < 1.29 is 4.79 Å². The minimum absolute atomic E-state index is 0.0876. The first-order valence-electron chi connectivity index (χ1n) is 10.1. The second kappa shape index (κ2) is 8.78. The van der Waals surface area contributed by atoms with Gasteiger partial charge >= 0.3 is 0 Å². The van der Waals surface area contributed by atoms with E-state index in [0.717, 1.165) is 30.0 Å². The monoisotopic (exact) mass is 386 g/mol. The standard InChI is InChI=1S/C24H26N4O/c1-27(18-19-7-3-2-4-8-19)24(29)23-14-11-21(17-25-23)26-20-9-12-22(13-10-20)28-15-5-6-16-28/h2-4,7-14,17,26H,5-6,15-16,18H2,1H3. The first-order valence-corrected chi connectivity index (χ1v) is 10.1. The number of hydrogen-bond acceptors (Lipinski definition) is 4. The number of nitrogens with zero attached hydrogens (tertiary/aromatic N) is 3. The van der Waals surface area contributed by atoms with E-state index in [9.17, 15) is 4.79 Å². The van der Waals surface area contributed by atoms with Gasteiger partial charge in [0.15, 0.2) is 0 Å². The van der Waals surface area contributed by atoms with Crippen LogP contribution in [-0.4, -0.2) is 35.9 Å². The molecule has 148 valence electrons. The van der Waals surface area contributed by atoms with E-state index in [1.165, 1.54) is 18.5 Å². The Labute approximate surface area is 172 Å². The summed E-state index contributed by atoms with van der Waals surface area (Å²) in [6, 6.07) is 22.1. The average molecular weight is 386 g/mol. The maximum atomic E-state index is 12.6. The molecule has 1 saturated heterocycles. The molecule has 1 fully saturated rings. The lowest BCUT2D eigenvalue weighted by atomic mass is 10.2. The summed E-state index contributed by atoms with van der Waals surface area (Å²) in [7, 11) is 1.80. The van der Waals surface area contributed by atoms with E-state index in [4.69, 9.17) is 0 Å². The molecule has 5 heteroatoms. The van der Waals surface area contributed by atoms with Gasteiger partial charge in [0.25, 0.3) is 5.91 Å². The Morgan fingerprint density at radius 1 is 0.966 bits per heavy atom. The number of carbonyl (C=O) groups excluding carboxylic acids is 1. The highest BCUT2D eigenvalue weighted by Crippen LogP contribution is 2.24. The van der Waals surface area contributed by atoms with E-state index < -0.39 is 0 Å². The number of carbonyl (C=O) groups is 1. The number of hydrogen-bond donors (Lipinski definition) is 1. The van der Waals surface area contributed by atoms with Crippen molar-refractivity contribution >= 4 is 23.0 Å². The van der Waals surface area contributed by atoms with Crippen molar-refractivity contribution in [2.45, 2.75) is 19.4 Å². The largest absolute Gasteiger partial charge is 0.372 e. The molecule has 5 nitrogen and oxygen atoms in total. The molecule has 0 aliphatic carbocycles. The topological polar surface area (TPSA) is 48.5 Å². The first-order chi connectivity index (χ1) is 14.2. The first kappa shape index (κ1) is 19.0. The summed E-state index contributed by atoms with van der Waals surface area (Å²) >= 11 is 0. The van der Waals surface area contributed by atoms with Gasteiger partial charge in [0.05, 0.1) is 11.9 Å². The summed E-state index contributed by atoms with van der Waals surface area (Å²) in [6.07, 6.45) is 4.26. The van der Waals surface area contributed by atoms with Crippen molar-refractivity contribution in [1.29, 1.82) is 0 Å². The van der Waals surface area contributed by atoms with Gasteiger partial charge in [0, 0.05) is 38.1 Å². The number of nitrogens with one attached hydrogen (secondary N) is 1. The average Bonchev–Trinajstić information content (AvgIpc) is 3.30. The van der Waals surface area contributed by atoms with Crippen molar-refractivity contribution in [2.75, 3.05) is 30.4 Å². The van der Waals surface area contributed by atoms with Crippen LogP contribution in [-0.2, 0) is 6.54 Å². The van der Waals surface area contributed by atoms with Crippen LogP contribution < -0.4 is 10.2 Å². The molecule has 0 bridgehead atoms. The minimum Gasteiger partial charge on any atom is -0.372 e. The molecular formula is C24H26N4O. The SMILES string of the molecule is CN(Cc1ccccc1)C(=O)c1ccc(Nc2ccc(N3CCCC3)cc2)cn1. The molecule has 3 aromatic rings. The molecule has 0 atom stereocenters. The van der Waals surface area contributed by atoms with Crippen molar-refractivity contribution in [3.05, 3.63) is 84.2 Å². The van der Waals surface area contributed by atoms with Crippen LogP contribution in [0.25, 0.3) is 0 Å². The van der Waals surface area contributed by atoms with Crippen molar-refractivity contribution in [1.82, 2.24) is 9.88 Å². The van der Waals surface area contributed by atoms with Crippen LogP contribution in [0.2, 0.25) is 0 Å². The molecule has 0 unspecified atom stereocenters. The second-order valence-electron chi connectivity index (χ2n) is 7.44. The van der Waals surface area contributed by atoms with Crippen LogP contribution in [0.15, 0.2) is 72.9 Å². The molecule has 2 heterocycles. The van der Waals surface area contributed by atoms with Gasteiger partial charge in [-0.1, -0.05) is 30.3 Å². The molecule has 1 aliphatic rings. The van der Waals surface area contributed by atoms with Crippen LogP contribution in [0.4, 0.5) is 17.1 Å². The van der Waals surface area contributed by atoms with Gasteiger partial charge in [-0.15, -0.1) is 0 Å². The third kappa shape index (κ3) is 4.74. The van der Waals surface area contributed by atoms with Gasteiger partial charge < -0.3 is 15.1 Å². The quantitative estimate of drug-likeness (QED) is 0.667. The van der Waals surface area contributed by atoms with E-state index in [0.29, 0.717) is 12.2 Å². The molecular weight excluding hydrogens is 360 g/mol. The third-order valence-corrected chi connectivity index (χ3v) is 5.22. The number of pyridine rings is 1. The normalized spacial score (nSPS) is 13.3. The van der Waals surface area contributed by atoms with E-state index in [-0.39, 0.29) is 5.91 Å². The molecule has 0 spiro atoms. The Hall–Kier alpha value is -3.34.